The Morgan fingerprint density at radius 1 is 0.826 bits per heavy atom. The molecular formula is C19H35NO3. The molecule has 0 aromatic heterocycles. The number of hydrogen-bond donors (Lipinski definition) is 1. The van der Waals surface area contributed by atoms with Crippen molar-refractivity contribution in [1.29, 1.82) is 0 Å². The summed E-state index contributed by atoms with van der Waals surface area (Å²) >= 11 is 0. The molecule has 23 heavy (non-hydrogen) atoms. The molecule has 4 nitrogen and oxygen atoms in total. The number of carbonyl (C=O) groups excluding carboxylic acids is 2. The number of methoxy groups -OCH3 is 1. The van der Waals surface area contributed by atoms with Gasteiger partial charge < -0.3 is 10.5 Å². The molecule has 0 aromatic carbocycles. The van der Waals surface area contributed by atoms with Crippen molar-refractivity contribution in [2.45, 2.75) is 90.4 Å². The van der Waals surface area contributed by atoms with Crippen molar-refractivity contribution in [2.75, 3.05) is 7.11 Å². The van der Waals surface area contributed by atoms with Crippen LogP contribution in [0.15, 0.2) is 11.8 Å². The van der Waals surface area contributed by atoms with E-state index in [0.29, 0.717) is 12.8 Å². The van der Waals surface area contributed by atoms with E-state index < -0.39 is 0 Å². The molecule has 0 spiro atoms. The first-order chi connectivity index (χ1) is 11.1. The van der Waals surface area contributed by atoms with Crippen molar-refractivity contribution in [3.63, 3.8) is 0 Å². The molecule has 4 heteroatoms. The summed E-state index contributed by atoms with van der Waals surface area (Å²) in [5.74, 6) is 0.0451. The van der Waals surface area contributed by atoms with E-state index in [-0.39, 0.29) is 11.8 Å². The molecule has 0 aliphatic rings. The summed E-state index contributed by atoms with van der Waals surface area (Å²) in [7, 11) is 1.43. The zero-order valence-electron chi connectivity index (χ0n) is 15.1. The van der Waals surface area contributed by atoms with Gasteiger partial charge in [-0.3, -0.25) is 9.59 Å². The maximum atomic E-state index is 11.7. The number of ether oxygens (including phenoxy) is 1. The first-order valence-electron chi connectivity index (χ1n) is 9.15. The van der Waals surface area contributed by atoms with Crippen molar-refractivity contribution >= 4 is 11.8 Å². The van der Waals surface area contributed by atoms with Crippen molar-refractivity contribution in [1.82, 2.24) is 0 Å². The van der Waals surface area contributed by atoms with Crippen LogP contribution < -0.4 is 5.73 Å². The number of nitrogens with two attached hydrogens (primary N) is 1. The maximum Gasteiger partial charge on any atom is 0.305 e. The van der Waals surface area contributed by atoms with Gasteiger partial charge in [-0.25, -0.2) is 0 Å². The third kappa shape index (κ3) is 15.4. The average Bonchev–Trinajstić information content (AvgIpc) is 2.53. The van der Waals surface area contributed by atoms with Crippen molar-refractivity contribution < 1.29 is 14.3 Å². The quantitative estimate of drug-likeness (QED) is 0.270. The van der Waals surface area contributed by atoms with E-state index in [2.05, 4.69) is 11.7 Å². The lowest BCUT2D eigenvalue weighted by atomic mass is 10.1. The SMILES string of the molecule is CCCCCCC(=O)/C=C(\N)CCCCCCCCC(=O)OC. The molecule has 0 fully saturated rings. The normalized spacial score (nSPS) is 11.5. The molecule has 0 unspecified atom stereocenters. The van der Waals surface area contributed by atoms with Gasteiger partial charge in [0.25, 0.3) is 0 Å². The second-order valence-electron chi connectivity index (χ2n) is 6.19. The Balaban J connectivity index is 3.51. The van der Waals surface area contributed by atoms with Crippen LogP contribution >= 0.6 is 0 Å². The Morgan fingerprint density at radius 3 is 1.96 bits per heavy atom. The third-order valence-electron chi connectivity index (χ3n) is 3.95. The van der Waals surface area contributed by atoms with E-state index in [9.17, 15) is 9.59 Å². The molecule has 0 saturated carbocycles. The lowest BCUT2D eigenvalue weighted by Gasteiger charge is -2.03. The fourth-order valence-corrected chi connectivity index (χ4v) is 2.48. The summed E-state index contributed by atoms with van der Waals surface area (Å²) in [6.45, 7) is 2.17. The van der Waals surface area contributed by atoms with E-state index in [4.69, 9.17) is 5.73 Å². The molecule has 0 heterocycles. The van der Waals surface area contributed by atoms with Gasteiger partial charge in [-0.15, -0.1) is 0 Å². The molecular weight excluding hydrogens is 290 g/mol. The van der Waals surface area contributed by atoms with Crippen LogP contribution in [-0.2, 0) is 14.3 Å². The van der Waals surface area contributed by atoms with Crippen LogP contribution in [0.25, 0.3) is 0 Å². The fourth-order valence-electron chi connectivity index (χ4n) is 2.48. The number of ketones is 1. The molecule has 134 valence electrons. The monoisotopic (exact) mass is 325 g/mol. The predicted octanol–water partition coefficient (Wildman–Crippen LogP) is 4.66. The summed E-state index contributed by atoms with van der Waals surface area (Å²) in [6.07, 6.45) is 14.5. The minimum atomic E-state index is -0.123. The summed E-state index contributed by atoms with van der Waals surface area (Å²) < 4.78 is 4.60. The van der Waals surface area contributed by atoms with E-state index in [1.807, 2.05) is 0 Å². The predicted molar refractivity (Wildman–Crippen MR) is 95.0 cm³/mol. The Labute approximate surface area is 141 Å². The standard InChI is InChI=1S/C19H35NO3/c1-3-4-5-11-14-18(21)16-17(20)13-10-8-6-7-9-12-15-19(22)23-2/h16H,3-15,20H2,1-2H3/b17-16-. The highest BCUT2D eigenvalue weighted by atomic mass is 16.5. The minimum absolute atomic E-state index is 0.123. The van der Waals surface area contributed by atoms with E-state index in [1.54, 1.807) is 6.08 Å². The molecule has 0 atom stereocenters. The van der Waals surface area contributed by atoms with E-state index in [1.165, 1.54) is 20.0 Å². The fraction of sp³-hybridized carbons (Fsp3) is 0.789. The van der Waals surface area contributed by atoms with Crippen LogP contribution in [0.2, 0.25) is 0 Å². The number of allylic oxidation sites excluding steroid dienone is 2. The number of carbonyl (C=O) groups is 2. The number of esters is 1. The van der Waals surface area contributed by atoms with Gasteiger partial charge in [-0.05, 0) is 31.8 Å². The van der Waals surface area contributed by atoms with Crippen LogP contribution in [-0.4, -0.2) is 18.9 Å². The molecule has 0 saturated heterocycles. The van der Waals surface area contributed by atoms with Gasteiger partial charge in [-0.2, -0.15) is 0 Å². The van der Waals surface area contributed by atoms with Gasteiger partial charge in [0.2, 0.25) is 0 Å². The lowest BCUT2D eigenvalue weighted by Crippen LogP contribution is -2.02. The van der Waals surface area contributed by atoms with Crippen LogP contribution in [0.3, 0.4) is 0 Å². The van der Waals surface area contributed by atoms with E-state index >= 15 is 0 Å². The van der Waals surface area contributed by atoms with Crippen LogP contribution in [0.4, 0.5) is 0 Å². The van der Waals surface area contributed by atoms with Gasteiger partial charge >= 0.3 is 5.97 Å². The van der Waals surface area contributed by atoms with Crippen LogP contribution in [0.5, 0.6) is 0 Å². The molecule has 0 aliphatic carbocycles. The molecule has 0 rings (SSSR count). The Bertz CT molecular complexity index is 351. The van der Waals surface area contributed by atoms with Crippen molar-refractivity contribution in [3.8, 4) is 0 Å². The Kier molecular flexibility index (Phi) is 14.7. The third-order valence-corrected chi connectivity index (χ3v) is 3.95. The van der Waals surface area contributed by atoms with Gasteiger partial charge in [0.05, 0.1) is 7.11 Å². The molecule has 0 amide bonds. The van der Waals surface area contributed by atoms with Crippen LogP contribution in [0.1, 0.15) is 90.4 Å². The smallest absolute Gasteiger partial charge is 0.305 e. The lowest BCUT2D eigenvalue weighted by molar-refractivity contribution is -0.140. The molecule has 0 bridgehead atoms. The molecule has 0 aliphatic heterocycles. The molecule has 2 N–H and O–H groups in total. The second-order valence-corrected chi connectivity index (χ2v) is 6.19. The Hall–Kier alpha value is -1.32. The van der Waals surface area contributed by atoms with Crippen molar-refractivity contribution in [2.24, 2.45) is 5.73 Å². The van der Waals surface area contributed by atoms with Gasteiger partial charge in [0.1, 0.15) is 0 Å². The molecule has 0 radical (unpaired) electrons. The number of unbranched alkanes of at least 4 members (excludes halogenated alkanes) is 8. The second kappa shape index (κ2) is 15.6. The minimum Gasteiger partial charge on any atom is -0.469 e. The summed E-state index contributed by atoms with van der Waals surface area (Å²) in [5.41, 5.74) is 6.62. The topological polar surface area (TPSA) is 69.4 Å². The zero-order valence-corrected chi connectivity index (χ0v) is 15.1. The molecule has 0 aromatic rings. The van der Waals surface area contributed by atoms with Crippen LogP contribution in [0, 0.1) is 0 Å². The highest BCUT2D eigenvalue weighted by Crippen LogP contribution is 2.11. The highest BCUT2D eigenvalue weighted by Gasteiger charge is 2.01. The number of hydrogen-bond acceptors (Lipinski definition) is 4. The average molecular weight is 325 g/mol. The largest absolute Gasteiger partial charge is 0.469 e. The highest BCUT2D eigenvalue weighted by molar-refractivity contribution is 5.90. The number of rotatable bonds is 15. The Morgan fingerprint density at radius 2 is 1.35 bits per heavy atom. The first-order valence-corrected chi connectivity index (χ1v) is 9.15. The van der Waals surface area contributed by atoms with E-state index in [0.717, 1.165) is 63.5 Å². The summed E-state index contributed by atoms with van der Waals surface area (Å²) in [4.78, 5) is 22.6. The maximum absolute atomic E-state index is 11.7. The zero-order chi connectivity index (χ0) is 17.3. The van der Waals surface area contributed by atoms with Gasteiger partial charge in [0.15, 0.2) is 5.78 Å². The van der Waals surface area contributed by atoms with Gasteiger partial charge in [-0.1, -0.05) is 51.9 Å². The van der Waals surface area contributed by atoms with Crippen molar-refractivity contribution in [3.05, 3.63) is 11.8 Å². The first kappa shape index (κ1) is 21.7. The summed E-state index contributed by atoms with van der Waals surface area (Å²) in [6, 6.07) is 0. The summed E-state index contributed by atoms with van der Waals surface area (Å²) in [5, 5.41) is 0. The van der Waals surface area contributed by atoms with Gasteiger partial charge in [0, 0.05) is 18.5 Å².